The van der Waals surface area contributed by atoms with Crippen LogP contribution in [0.25, 0.3) is 0 Å². The number of piperidine rings is 1. The molecule has 0 radical (unpaired) electrons. The van der Waals surface area contributed by atoms with Crippen LogP contribution in [-0.4, -0.2) is 94.4 Å². The lowest BCUT2D eigenvalue weighted by Crippen LogP contribution is -2.50. The Morgan fingerprint density at radius 2 is 1.80 bits per heavy atom. The van der Waals surface area contributed by atoms with Crippen molar-refractivity contribution >= 4 is 55.8 Å². The summed E-state index contributed by atoms with van der Waals surface area (Å²) in [6, 6.07) is 7.23. The summed E-state index contributed by atoms with van der Waals surface area (Å²) >= 11 is 4.91. The number of primary amides is 1. The molecule has 1 aromatic carbocycles. The number of carbonyl (C=O) groups excluding carboxylic acids is 3. The van der Waals surface area contributed by atoms with Crippen LogP contribution in [0.1, 0.15) is 33.7 Å². The molecular weight excluding hydrogens is 600 g/mol. The zero-order valence-corrected chi connectivity index (χ0v) is 24.1. The van der Waals surface area contributed by atoms with Gasteiger partial charge in [-0.2, -0.15) is 0 Å². The number of nitrogens with zero attached hydrogens (tertiary/aromatic N) is 6. The Hall–Kier alpha value is -3.62. The van der Waals surface area contributed by atoms with Crippen molar-refractivity contribution in [1.29, 1.82) is 0 Å². The summed E-state index contributed by atoms with van der Waals surface area (Å²) in [5, 5.41) is 5.41. The molecular formula is C26H29BrN8O4S. The Morgan fingerprint density at radius 1 is 1.07 bits per heavy atom. The fourth-order valence-electron chi connectivity index (χ4n) is 4.62. The lowest BCUT2D eigenvalue weighted by molar-refractivity contribution is -0.119. The molecule has 0 atom stereocenters. The lowest BCUT2D eigenvalue weighted by atomic mass is 10.1. The highest BCUT2D eigenvalue weighted by Gasteiger charge is 2.25. The molecule has 0 bridgehead atoms. The van der Waals surface area contributed by atoms with Crippen LogP contribution in [0.2, 0.25) is 0 Å². The normalized spacial score (nSPS) is 16.5. The zero-order chi connectivity index (χ0) is 28.1. The summed E-state index contributed by atoms with van der Waals surface area (Å²) in [5.41, 5.74) is 6.65. The van der Waals surface area contributed by atoms with Gasteiger partial charge in [-0.25, -0.2) is 15.0 Å². The molecule has 5 rings (SSSR count). The van der Waals surface area contributed by atoms with E-state index < -0.39 is 0 Å². The van der Waals surface area contributed by atoms with E-state index in [9.17, 15) is 14.4 Å². The Labute approximate surface area is 243 Å². The molecule has 0 aliphatic carbocycles. The second kappa shape index (κ2) is 12.7. The molecule has 0 saturated carbocycles. The predicted molar refractivity (Wildman–Crippen MR) is 154 cm³/mol. The first-order valence-electron chi connectivity index (χ1n) is 12.9. The number of thiazole rings is 1. The van der Waals surface area contributed by atoms with Crippen LogP contribution in [0.15, 0.2) is 46.5 Å². The number of aromatic nitrogens is 3. The molecule has 0 spiro atoms. The summed E-state index contributed by atoms with van der Waals surface area (Å²) in [7, 11) is 0. The van der Waals surface area contributed by atoms with Crippen LogP contribution >= 0.6 is 27.3 Å². The van der Waals surface area contributed by atoms with Gasteiger partial charge < -0.3 is 25.6 Å². The minimum absolute atomic E-state index is 0.0417. The Balaban J connectivity index is 1.13. The molecule has 0 unspecified atom stereocenters. The van der Waals surface area contributed by atoms with Crippen molar-refractivity contribution in [2.24, 2.45) is 5.73 Å². The average molecular weight is 630 g/mol. The van der Waals surface area contributed by atoms with Crippen molar-refractivity contribution in [2.75, 3.05) is 56.0 Å². The highest BCUT2D eigenvalue weighted by Crippen LogP contribution is 2.28. The maximum absolute atomic E-state index is 13.0. The molecule has 2 saturated heterocycles. The number of nitrogens with two attached hydrogens (primary N) is 1. The van der Waals surface area contributed by atoms with Gasteiger partial charge in [0, 0.05) is 79.9 Å². The molecule has 14 heteroatoms. The van der Waals surface area contributed by atoms with Gasteiger partial charge in [-0.3, -0.25) is 19.3 Å². The summed E-state index contributed by atoms with van der Waals surface area (Å²) in [4.78, 5) is 55.7. The highest BCUT2D eigenvalue weighted by atomic mass is 79.9. The zero-order valence-electron chi connectivity index (χ0n) is 21.7. The minimum Gasteiger partial charge on any atom is -0.460 e. The fourth-order valence-corrected chi connectivity index (χ4v) is 5.96. The molecule has 2 aromatic heterocycles. The molecule has 2 aliphatic rings. The number of hydrogen-bond donors (Lipinski definition) is 2. The van der Waals surface area contributed by atoms with E-state index in [1.54, 1.807) is 46.9 Å². The third kappa shape index (κ3) is 6.92. The minimum atomic E-state index is -0.375. The van der Waals surface area contributed by atoms with Crippen LogP contribution in [0.4, 0.5) is 10.8 Å². The van der Waals surface area contributed by atoms with Gasteiger partial charge in [-0.05, 0) is 40.2 Å². The Kier molecular flexibility index (Phi) is 8.87. The number of nitrogens with one attached hydrogen (secondary N) is 1. The Morgan fingerprint density at radius 3 is 2.48 bits per heavy atom. The van der Waals surface area contributed by atoms with E-state index in [2.05, 4.69) is 41.1 Å². The molecule has 2 fully saturated rings. The van der Waals surface area contributed by atoms with Gasteiger partial charge in [-0.1, -0.05) is 0 Å². The number of carbonyl (C=O) groups is 3. The van der Waals surface area contributed by atoms with E-state index >= 15 is 0 Å². The number of benzene rings is 1. The number of hydrogen-bond acceptors (Lipinski definition) is 10. The maximum Gasteiger partial charge on any atom is 0.316 e. The molecule has 3 N–H and O–H groups in total. The van der Waals surface area contributed by atoms with Crippen LogP contribution < -0.4 is 20.7 Å². The van der Waals surface area contributed by atoms with Gasteiger partial charge >= 0.3 is 6.01 Å². The van der Waals surface area contributed by atoms with Gasteiger partial charge in [0.1, 0.15) is 11.8 Å². The number of ether oxygens (including phenoxy) is 1. The highest BCUT2D eigenvalue weighted by molar-refractivity contribution is 9.10. The van der Waals surface area contributed by atoms with Crippen LogP contribution in [0.3, 0.4) is 0 Å². The SMILES string of the molecule is NC(=O)CN1CCN(C(=O)c2ccc(NC(=O)c3csc(N4CCC(Oc5ncccn5)CC4)n3)c(Br)c2)CC1. The Bertz CT molecular complexity index is 1360. The van der Waals surface area contributed by atoms with Crippen molar-refractivity contribution in [3.8, 4) is 6.01 Å². The first-order valence-corrected chi connectivity index (χ1v) is 14.6. The number of rotatable bonds is 8. The molecule has 12 nitrogen and oxygen atoms in total. The van der Waals surface area contributed by atoms with Crippen molar-refractivity contribution in [3.63, 3.8) is 0 Å². The van der Waals surface area contributed by atoms with Crippen LogP contribution in [0, 0.1) is 0 Å². The van der Waals surface area contributed by atoms with Gasteiger partial charge in [0.15, 0.2) is 5.13 Å². The monoisotopic (exact) mass is 628 g/mol. The third-order valence-corrected chi connectivity index (χ3v) is 8.31. The second-order valence-corrected chi connectivity index (χ2v) is 11.2. The standard InChI is InChI=1S/C26H29BrN8O4S/c27-19-14-17(24(38)34-12-10-33(11-13-34)15-22(28)36)2-3-20(19)31-23(37)21-16-40-26(32-21)35-8-4-18(5-9-35)39-25-29-6-1-7-30-25/h1-3,6-7,14,16,18H,4-5,8-13,15H2,(H2,28,36)(H,31,37). The van der Waals surface area contributed by atoms with E-state index in [0.717, 1.165) is 31.1 Å². The molecule has 3 amide bonds. The number of anilines is 2. The topological polar surface area (TPSA) is 147 Å². The number of halogens is 1. The largest absolute Gasteiger partial charge is 0.460 e. The van der Waals surface area contributed by atoms with E-state index in [0.29, 0.717) is 53.6 Å². The number of amides is 3. The van der Waals surface area contributed by atoms with E-state index in [1.165, 1.54) is 11.3 Å². The van der Waals surface area contributed by atoms with Crippen LogP contribution in [-0.2, 0) is 4.79 Å². The molecule has 3 aromatic rings. The van der Waals surface area contributed by atoms with Gasteiger partial charge in [-0.15, -0.1) is 11.3 Å². The fraction of sp³-hybridized carbons (Fsp3) is 0.385. The first kappa shape index (κ1) is 27.9. The molecule has 210 valence electrons. The smallest absolute Gasteiger partial charge is 0.316 e. The maximum atomic E-state index is 13.0. The third-order valence-electron chi connectivity index (χ3n) is 6.75. The summed E-state index contributed by atoms with van der Waals surface area (Å²) in [5.74, 6) is -0.806. The first-order chi connectivity index (χ1) is 19.4. The summed E-state index contributed by atoms with van der Waals surface area (Å²) < 4.78 is 6.46. The van der Waals surface area contributed by atoms with Crippen molar-refractivity contribution in [3.05, 3.63) is 57.8 Å². The molecule has 4 heterocycles. The van der Waals surface area contributed by atoms with E-state index in [4.69, 9.17) is 10.5 Å². The summed E-state index contributed by atoms with van der Waals surface area (Å²) in [6.45, 7) is 3.92. The quantitative estimate of drug-likeness (QED) is 0.383. The van der Waals surface area contributed by atoms with Gasteiger partial charge in [0.2, 0.25) is 5.91 Å². The predicted octanol–water partition coefficient (Wildman–Crippen LogP) is 2.24. The van der Waals surface area contributed by atoms with E-state index in [-0.39, 0.29) is 30.4 Å². The molecule has 40 heavy (non-hydrogen) atoms. The lowest BCUT2D eigenvalue weighted by Gasteiger charge is -2.34. The summed E-state index contributed by atoms with van der Waals surface area (Å²) in [6.07, 6.45) is 4.97. The molecule has 2 aliphatic heterocycles. The number of piperazine rings is 1. The van der Waals surface area contributed by atoms with Crippen molar-refractivity contribution in [1.82, 2.24) is 24.8 Å². The van der Waals surface area contributed by atoms with Crippen molar-refractivity contribution in [2.45, 2.75) is 18.9 Å². The van der Waals surface area contributed by atoms with Crippen LogP contribution in [0.5, 0.6) is 6.01 Å². The van der Waals surface area contributed by atoms with Gasteiger partial charge in [0.25, 0.3) is 11.8 Å². The van der Waals surface area contributed by atoms with E-state index in [1.807, 2.05) is 4.90 Å². The average Bonchev–Trinajstić information content (AvgIpc) is 3.45. The van der Waals surface area contributed by atoms with Gasteiger partial charge in [0.05, 0.1) is 12.2 Å². The second-order valence-electron chi connectivity index (χ2n) is 9.53. The van der Waals surface area contributed by atoms with Crippen molar-refractivity contribution < 1.29 is 19.1 Å².